The summed E-state index contributed by atoms with van der Waals surface area (Å²) in [7, 11) is 5.19. The summed E-state index contributed by atoms with van der Waals surface area (Å²) in [5, 5.41) is 71.8. The van der Waals surface area contributed by atoms with Crippen molar-refractivity contribution in [3.63, 3.8) is 0 Å². The molecule has 3 rings (SSSR count). The highest BCUT2D eigenvalue weighted by molar-refractivity contribution is 5.88. The summed E-state index contributed by atoms with van der Waals surface area (Å²) in [6.07, 6.45) is -9.51. The van der Waals surface area contributed by atoms with Gasteiger partial charge in [-0.2, -0.15) is 0 Å². The Hall–Kier alpha value is -1.50. The lowest BCUT2D eigenvalue weighted by atomic mass is 9.73. The lowest BCUT2D eigenvalue weighted by molar-refractivity contribution is -0.317. The second-order valence-corrected chi connectivity index (χ2v) is 16.6. The number of cyclic esters (lactones) is 1. The summed E-state index contributed by atoms with van der Waals surface area (Å²) in [5.41, 5.74) is -4.68. The molecule has 0 amide bonds. The first-order valence-electron chi connectivity index (χ1n) is 18.7. The van der Waals surface area contributed by atoms with Gasteiger partial charge in [-0.05, 0) is 74.9 Å². The van der Waals surface area contributed by atoms with E-state index in [1.165, 1.54) is 14.0 Å². The van der Waals surface area contributed by atoms with Crippen LogP contribution in [0.2, 0.25) is 0 Å². The van der Waals surface area contributed by atoms with Gasteiger partial charge in [0.25, 0.3) is 0 Å². The summed E-state index contributed by atoms with van der Waals surface area (Å²) < 4.78 is 37.2. The Morgan fingerprint density at radius 3 is 2.08 bits per heavy atom. The van der Waals surface area contributed by atoms with E-state index in [9.17, 15) is 35.5 Å². The van der Waals surface area contributed by atoms with E-state index in [-0.39, 0.29) is 37.1 Å². The number of ether oxygens (including phenoxy) is 6. The highest BCUT2D eigenvalue weighted by Crippen LogP contribution is 2.41. The molecular weight excluding hydrogens is 680 g/mol. The SMILES string of the molecule is CC[C@H]1OC(=O)[C@H](C)[C@@H](O[C@H]2C[C@@](C)(OC)[C@@H](O)[C@H](C)O2)[C@H](C)[C@@H](O[C@@H]2O[C@H](C)C[C@H](N(C)C)[C@H]2O)[C@@](C)(O)C[C@@H](C)/C(=N/O)[C@H](C)[C@@H](O)[C@]1(C)O. The quantitative estimate of drug-likeness (QED) is 0.125. The van der Waals surface area contributed by atoms with E-state index in [1.807, 2.05) is 25.9 Å². The third-order valence-corrected chi connectivity index (χ3v) is 12.0. The van der Waals surface area contributed by atoms with Crippen molar-refractivity contribution in [1.29, 1.82) is 0 Å². The summed E-state index contributed by atoms with van der Waals surface area (Å²) in [5.74, 6) is -4.24. The zero-order valence-corrected chi connectivity index (χ0v) is 33.4. The molecule has 304 valence electrons. The average molecular weight is 749 g/mol. The van der Waals surface area contributed by atoms with Crippen molar-refractivity contribution >= 4 is 11.7 Å². The molecule has 0 aliphatic carbocycles. The van der Waals surface area contributed by atoms with Gasteiger partial charge in [0.2, 0.25) is 0 Å². The first-order chi connectivity index (χ1) is 24.0. The van der Waals surface area contributed by atoms with Crippen LogP contribution in [0.15, 0.2) is 5.16 Å². The second-order valence-electron chi connectivity index (χ2n) is 16.6. The molecule has 0 spiro atoms. The van der Waals surface area contributed by atoms with Crippen molar-refractivity contribution in [1.82, 2.24) is 4.90 Å². The molecule has 0 bridgehead atoms. The first-order valence-corrected chi connectivity index (χ1v) is 18.7. The molecule has 0 aromatic rings. The van der Waals surface area contributed by atoms with Crippen LogP contribution >= 0.6 is 0 Å². The predicted octanol–water partition coefficient (Wildman–Crippen LogP) is 2.05. The van der Waals surface area contributed by atoms with Crippen LogP contribution in [0.4, 0.5) is 0 Å². The van der Waals surface area contributed by atoms with Crippen LogP contribution in [-0.2, 0) is 33.2 Å². The predicted molar refractivity (Wildman–Crippen MR) is 190 cm³/mol. The van der Waals surface area contributed by atoms with Crippen LogP contribution in [0, 0.1) is 23.7 Å². The van der Waals surface area contributed by atoms with Gasteiger partial charge < -0.3 is 64.1 Å². The maximum Gasteiger partial charge on any atom is 0.311 e. The molecule has 15 heteroatoms. The van der Waals surface area contributed by atoms with Crippen LogP contribution in [0.5, 0.6) is 0 Å². The lowest BCUT2D eigenvalue weighted by Gasteiger charge is -2.49. The van der Waals surface area contributed by atoms with E-state index >= 15 is 0 Å². The number of methoxy groups -OCH3 is 1. The van der Waals surface area contributed by atoms with E-state index < -0.39 is 102 Å². The number of aliphatic hydroxyl groups excluding tert-OH is 3. The fourth-order valence-corrected chi connectivity index (χ4v) is 8.61. The van der Waals surface area contributed by atoms with Gasteiger partial charge in [-0.25, -0.2) is 0 Å². The van der Waals surface area contributed by atoms with Gasteiger partial charge in [0.15, 0.2) is 12.6 Å². The molecule has 0 aromatic carbocycles. The molecule has 3 heterocycles. The number of aliphatic hydroxyl groups is 5. The van der Waals surface area contributed by atoms with Crippen LogP contribution in [-0.4, -0.2) is 153 Å². The smallest absolute Gasteiger partial charge is 0.311 e. The molecular formula is C37H68N2O13. The largest absolute Gasteiger partial charge is 0.459 e. The summed E-state index contributed by atoms with van der Waals surface area (Å²) in [6.45, 7) is 16.6. The molecule has 3 aliphatic heterocycles. The van der Waals surface area contributed by atoms with Gasteiger partial charge in [0.1, 0.15) is 23.9 Å². The summed E-state index contributed by atoms with van der Waals surface area (Å²) >= 11 is 0. The van der Waals surface area contributed by atoms with Gasteiger partial charge in [0.05, 0.1) is 53.4 Å². The minimum atomic E-state index is -1.97. The highest BCUT2D eigenvalue weighted by atomic mass is 16.7. The molecule has 18 atom stereocenters. The number of esters is 1. The fourth-order valence-electron chi connectivity index (χ4n) is 8.61. The molecule has 0 aromatic heterocycles. The molecule has 0 unspecified atom stereocenters. The third kappa shape index (κ3) is 9.47. The number of oxime groups is 1. The monoisotopic (exact) mass is 748 g/mol. The molecule has 0 saturated carbocycles. The topological polar surface area (TPSA) is 209 Å². The zero-order valence-electron chi connectivity index (χ0n) is 33.4. The first kappa shape index (κ1) is 44.9. The van der Waals surface area contributed by atoms with Crippen molar-refractivity contribution in [3.05, 3.63) is 0 Å². The minimum Gasteiger partial charge on any atom is -0.459 e. The molecule has 3 fully saturated rings. The van der Waals surface area contributed by atoms with E-state index in [2.05, 4.69) is 5.16 Å². The van der Waals surface area contributed by atoms with Crippen molar-refractivity contribution < 1.29 is 64.0 Å². The third-order valence-electron chi connectivity index (χ3n) is 12.0. The number of carbonyl (C=O) groups is 1. The Morgan fingerprint density at radius 2 is 1.54 bits per heavy atom. The van der Waals surface area contributed by atoms with E-state index in [0.717, 1.165) is 0 Å². The van der Waals surface area contributed by atoms with Crippen molar-refractivity contribution in [2.75, 3.05) is 21.2 Å². The molecule has 52 heavy (non-hydrogen) atoms. The van der Waals surface area contributed by atoms with Gasteiger partial charge in [-0.3, -0.25) is 4.79 Å². The van der Waals surface area contributed by atoms with Crippen molar-refractivity contribution in [2.24, 2.45) is 28.8 Å². The number of nitrogens with zero attached hydrogens (tertiary/aromatic N) is 2. The lowest BCUT2D eigenvalue weighted by Crippen LogP contribution is -2.61. The Labute approximate surface area is 309 Å². The van der Waals surface area contributed by atoms with Gasteiger partial charge in [-0.1, -0.05) is 32.9 Å². The van der Waals surface area contributed by atoms with Crippen LogP contribution < -0.4 is 0 Å². The Morgan fingerprint density at radius 1 is 0.923 bits per heavy atom. The maximum absolute atomic E-state index is 14.1. The average Bonchev–Trinajstić information content (AvgIpc) is 3.06. The minimum absolute atomic E-state index is 0.0657. The normalized spacial score (nSPS) is 49.8. The van der Waals surface area contributed by atoms with E-state index in [4.69, 9.17) is 28.4 Å². The molecule has 3 saturated heterocycles. The van der Waals surface area contributed by atoms with Crippen molar-refractivity contribution in [3.8, 4) is 0 Å². The fraction of sp³-hybridized carbons (Fsp3) is 0.946. The van der Waals surface area contributed by atoms with E-state index in [1.54, 1.807) is 55.4 Å². The second kappa shape index (κ2) is 17.5. The Balaban J connectivity index is 2.21. The summed E-state index contributed by atoms with van der Waals surface area (Å²) in [4.78, 5) is 16.0. The number of likely N-dealkylation sites (N-methyl/N-ethyl adjacent to an activating group) is 1. The zero-order chi connectivity index (χ0) is 39.7. The van der Waals surface area contributed by atoms with Crippen molar-refractivity contribution in [2.45, 2.75) is 179 Å². The van der Waals surface area contributed by atoms with Crippen LogP contribution in [0.1, 0.15) is 94.9 Å². The molecule has 6 N–H and O–H groups in total. The summed E-state index contributed by atoms with van der Waals surface area (Å²) in [6, 6.07) is -0.322. The number of hydrogen-bond donors (Lipinski definition) is 6. The van der Waals surface area contributed by atoms with Gasteiger partial charge in [0, 0.05) is 37.3 Å². The number of rotatable bonds is 7. The molecule has 15 nitrogen and oxygen atoms in total. The number of hydrogen-bond acceptors (Lipinski definition) is 15. The standard InChI is InChI=1S/C37H68N2O13/c1-14-25-37(10,45)30(41)20(4)27(38-46)18(2)16-35(8,44)32(52-34-28(40)24(39(11)12)15-19(3)48-34)21(5)29(22(6)33(43)50-25)51-26-17-36(9,47-13)31(42)23(7)49-26/h18-26,28-32,34,40-42,44-46H,14-17H2,1-13H3/b38-27-/t18-,19-,20+,21+,22-,23+,24+,25-,26+,28-,29+,30-,31+,32-,34+,35+,36-,37-/m1/s1. The Kier molecular flexibility index (Phi) is 15.1. The van der Waals surface area contributed by atoms with Crippen LogP contribution in [0.3, 0.4) is 0 Å². The highest BCUT2D eigenvalue weighted by Gasteiger charge is 2.53. The maximum atomic E-state index is 14.1. The van der Waals surface area contributed by atoms with Gasteiger partial charge >= 0.3 is 5.97 Å². The molecule has 0 radical (unpaired) electrons. The van der Waals surface area contributed by atoms with E-state index in [0.29, 0.717) is 6.42 Å². The molecule has 3 aliphatic rings. The Bertz CT molecular complexity index is 1200. The number of carbonyl (C=O) groups excluding carboxylic acids is 1. The van der Waals surface area contributed by atoms with Gasteiger partial charge in [-0.15, -0.1) is 0 Å². The van der Waals surface area contributed by atoms with Crippen LogP contribution in [0.25, 0.3) is 0 Å².